The van der Waals surface area contributed by atoms with E-state index in [1.54, 1.807) is 30.3 Å². The van der Waals surface area contributed by atoms with Crippen molar-refractivity contribution in [1.29, 1.82) is 0 Å². The maximum Gasteiger partial charge on any atom is 0.200 e. The van der Waals surface area contributed by atoms with Gasteiger partial charge in [-0.3, -0.25) is 4.79 Å². The highest BCUT2D eigenvalue weighted by Gasteiger charge is 2.16. The van der Waals surface area contributed by atoms with Crippen molar-refractivity contribution in [3.8, 4) is 0 Å². The molecule has 0 aliphatic carbocycles. The topological polar surface area (TPSA) is 90.9 Å². The lowest BCUT2D eigenvalue weighted by molar-refractivity contribution is 0.260. The zero-order valence-corrected chi connectivity index (χ0v) is 12.4. The van der Waals surface area contributed by atoms with E-state index < -0.39 is 0 Å². The summed E-state index contributed by atoms with van der Waals surface area (Å²) < 4.78 is 5.90. The Kier molecular flexibility index (Phi) is 3.90. The average Bonchev–Trinajstić information content (AvgIpc) is 2.54. The van der Waals surface area contributed by atoms with Gasteiger partial charge in [-0.25, -0.2) is 0 Å². The molecule has 1 aromatic heterocycles. The van der Waals surface area contributed by atoms with Crippen LogP contribution in [0.1, 0.15) is 16.7 Å². The zero-order chi connectivity index (χ0) is 16.6. The van der Waals surface area contributed by atoms with Crippen LogP contribution in [-0.4, -0.2) is 15.3 Å². The van der Waals surface area contributed by atoms with Crippen LogP contribution in [0.5, 0.6) is 0 Å². The van der Waals surface area contributed by atoms with Crippen LogP contribution >= 0.6 is 0 Å². The van der Waals surface area contributed by atoms with Gasteiger partial charge in [-0.1, -0.05) is 24.8 Å². The second kappa shape index (κ2) is 5.87. The van der Waals surface area contributed by atoms with Crippen LogP contribution in [-0.2, 0) is 19.6 Å². The Balaban J connectivity index is 2.46. The van der Waals surface area contributed by atoms with E-state index >= 15 is 0 Å². The van der Waals surface area contributed by atoms with Gasteiger partial charge in [0.05, 0.1) is 29.7 Å². The van der Waals surface area contributed by atoms with E-state index in [2.05, 4.69) is 6.58 Å². The molecule has 3 rings (SSSR count). The van der Waals surface area contributed by atoms with Crippen molar-refractivity contribution in [3.05, 3.63) is 69.6 Å². The molecular formula is C18H16O5. The molecule has 3 N–H and O–H groups in total. The first kappa shape index (κ1) is 15.3. The number of hydrogen-bond acceptors (Lipinski definition) is 5. The maximum absolute atomic E-state index is 12.7. The van der Waals surface area contributed by atoms with E-state index in [4.69, 9.17) is 4.42 Å². The lowest BCUT2D eigenvalue weighted by Gasteiger charge is -2.11. The Morgan fingerprint density at radius 2 is 1.74 bits per heavy atom. The van der Waals surface area contributed by atoms with Gasteiger partial charge in [0.2, 0.25) is 5.43 Å². The first-order valence-electron chi connectivity index (χ1n) is 7.14. The van der Waals surface area contributed by atoms with Crippen molar-refractivity contribution in [2.75, 3.05) is 0 Å². The van der Waals surface area contributed by atoms with E-state index in [0.29, 0.717) is 33.0 Å². The maximum atomic E-state index is 12.7. The molecule has 0 unspecified atom stereocenters. The van der Waals surface area contributed by atoms with Gasteiger partial charge in [0.25, 0.3) is 0 Å². The molecule has 2 aromatic carbocycles. The standard InChI is InChI=1S/C18H16O5/c1-10(21)7-11-3-2-4-13-16(22)14-6-5-12(8-19)15(9-20)18(14)23-17(11)13/h2-6,19-21H,1,7-9H2. The number of para-hydroxylation sites is 1. The fourth-order valence-corrected chi connectivity index (χ4v) is 2.78. The van der Waals surface area contributed by atoms with Gasteiger partial charge in [0, 0.05) is 17.5 Å². The second-order valence-electron chi connectivity index (χ2n) is 5.36. The average molecular weight is 312 g/mol. The van der Waals surface area contributed by atoms with Crippen molar-refractivity contribution < 1.29 is 19.7 Å². The van der Waals surface area contributed by atoms with Crippen molar-refractivity contribution in [2.45, 2.75) is 19.6 Å². The van der Waals surface area contributed by atoms with E-state index in [0.717, 1.165) is 0 Å². The lowest BCUT2D eigenvalue weighted by atomic mass is 10.0. The van der Waals surface area contributed by atoms with Crippen molar-refractivity contribution in [1.82, 2.24) is 0 Å². The molecule has 0 amide bonds. The fraction of sp³-hybridized carbons (Fsp3) is 0.167. The summed E-state index contributed by atoms with van der Waals surface area (Å²) in [6.45, 7) is 2.85. The number of fused-ring (bicyclic) bond motifs is 2. The summed E-state index contributed by atoms with van der Waals surface area (Å²) in [7, 11) is 0. The molecule has 0 atom stereocenters. The number of aliphatic hydroxyl groups is 3. The third kappa shape index (κ3) is 2.50. The molecule has 118 valence electrons. The van der Waals surface area contributed by atoms with Crippen molar-refractivity contribution >= 4 is 21.9 Å². The Labute approximate surface area is 131 Å². The smallest absolute Gasteiger partial charge is 0.200 e. The summed E-state index contributed by atoms with van der Waals surface area (Å²) in [6.07, 6.45) is 0.167. The van der Waals surface area contributed by atoms with Crippen molar-refractivity contribution in [3.63, 3.8) is 0 Å². The molecule has 0 bridgehead atoms. The quantitative estimate of drug-likeness (QED) is 0.509. The monoisotopic (exact) mass is 312 g/mol. The van der Waals surface area contributed by atoms with Gasteiger partial charge in [0.15, 0.2) is 0 Å². The summed E-state index contributed by atoms with van der Waals surface area (Å²) in [5, 5.41) is 29.2. The molecule has 0 saturated heterocycles. The summed E-state index contributed by atoms with van der Waals surface area (Å²) in [5.41, 5.74) is 1.92. The minimum atomic E-state index is -0.351. The van der Waals surface area contributed by atoms with E-state index in [1.807, 2.05) is 0 Å². The van der Waals surface area contributed by atoms with Gasteiger partial charge in [-0.2, -0.15) is 0 Å². The van der Waals surface area contributed by atoms with Gasteiger partial charge < -0.3 is 19.7 Å². The van der Waals surface area contributed by atoms with Crippen LogP contribution in [0.25, 0.3) is 21.9 Å². The van der Waals surface area contributed by atoms with Crippen molar-refractivity contribution in [2.24, 2.45) is 0 Å². The van der Waals surface area contributed by atoms with Crippen LogP contribution in [0.2, 0.25) is 0 Å². The SMILES string of the molecule is C=C(O)Cc1cccc2c(=O)c3ccc(CO)c(CO)c3oc12. The molecular weight excluding hydrogens is 296 g/mol. The molecule has 5 nitrogen and oxygen atoms in total. The van der Waals surface area contributed by atoms with Gasteiger partial charge >= 0.3 is 0 Å². The predicted octanol–water partition coefficient (Wildman–Crippen LogP) is 2.55. The van der Waals surface area contributed by atoms with E-state index in [1.165, 1.54) is 0 Å². The molecule has 0 radical (unpaired) electrons. The van der Waals surface area contributed by atoms with Crippen LogP contribution in [0.3, 0.4) is 0 Å². The molecule has 1 heterocycles. The minimum Gasteiger partial charge on any atom is -0.513 e. The first-order valence-corrected chi connectivity index (χ1v) is 7.14. The number of benzene rings is 2. The van der Waals surface area contributed by atoms with Crippen LogP contribution in [0, 0.1) is 0 Å². The van der Waals surface area contributed by atoms with Gasteiger partial charge in [-0.05, 0) is 17.7 Å². The summed E-state index contributed by atoms with van der Waals surface area (Å²) >= 11 is 0. The third-order valence-corrected chi connectivity index (χ3v) is 3.87. The molecule has 0 fully saturated rings. The molecule has 0 aliphatic heterocycles. The molecule has 3 aromatic rings. The zero-order valence-electron chi connectivity index (χ0n) is 12.4. The van der Waals surface area contributed by atoms with E-state index in [-0.39, 0.29) is 36.4 Å². The van der Waals surface area contributed by atoms with Gasteiger partial charge in [0.1, 0.15) is 11.2 Å². The third-order valence-electron chi connectivity index (χ3n) is 3.87. The Bertz CT molecular complexity index is 968. The number of rotatable bonds is 4. The first-order chi connectivity index (χ1) is 11.1. The predicted molar refractivity (Wildman–Crippen MR) is 87.3 cm³/mol. The lowest BCUT2D eigenvalue weighted by Crippen LogP contribution is -2.07. The molecule has 5 heteroatoms. The van der Waals surface area contributed by atoms with Crippen LogP contribution < -0.4 is 5.43 Å². The molecule has 0 spiro atoms. The summed E-state index contributed by atoms with van der Waals surface area (Å²) in [4.78, 5) is 12.7. The number of allylic oxidation sites excluding steroid dienone is 1. The molecule has 0 aliphatic rings. The van der Waals surface area contributed by atoms with Crippen LogP contribution in [0.4, 0.5) is 0 Å². The highest BCUT2D eigenvalue weighted by molar-refractivity contribution is 5.92. The highest BCUT2D eigenvalue weighted by Crippen LogP contribution is 2.27. The van der Waals surface area contributed by atoms with E-state index in [9.17, 15) is 20.1 Å². The number of aliphatic hydroxyl groups excluding tert-OH is 3. The summed E-state index contributed by atoms with van der Waals surface area (Å²) in [6, 6.07) is 8.31. The second-order valence-corrected chi connectivity index (χ2v) is 5.36. The van der Waals surface area contributed by atoms with Gasteiger partial charge in [-0.15, -0.1) is 0 Å². The Morgan fingerprint density at radius 1 is 1.00 bits per heavy atom. The Hall–Kier alpha value is -2.63. The largest absolute Gasteiger partial charge is 0.513 e. The summed E-state index contributed by atoms with van der Waals surface area (Å²) in [5.74, 6) is -0.0354. The number of hydrogen-bond donors (Lipinski definition) is 3. The Morgan fingerprint density at radius 3 is 2.39 bits per heavy atom. The fourth-order valence-electron chi connectivity index (χ4n) is 2.78. The molecule has 0 saturated carbocycles. The molecule has 23 heavy (non-hydrogen) atoms. The minimum absolute atomic E-state index is 0.0354. The highest BCUT2D eigenvalue weighted by atomic mass is 16.3. The normalized spacial score (nSPS) is 11.2. The van der Waals surface area contributed by atoms with Crippen LogP contribution in [0.15, 0.2) is 51.9 Å².